The molecule has 160 valence electrons. The Balaban J connectivity index is 2.04. The van der Waals surface area contributed by atoms with E-state index in [2.05, 4.69) is 25.8 Å². The molecule has 1 amide bonds. The lowest BCUT2D eigenvalue weighted by molar-refractivity contribution is 0.0996. The largest absolute Gasteiger partial charge is 0.492 e. The Morgan fingerprint density at radius 1 is 1.07 bits per heavy atom. The number of ether oxygens (including phenoxy) is 2. The maximum atomic E-state index is 12.9. The summed E-state index contributed by atoms with van der Waals surface area (Å²) in [5.74, 6) is 0.552. The number of benzene rings is 2. The molecule has 0 N–H and O–H groups in total. The topological polar surface area (TPSA) is 52.8 Å². The maximum Gasteiger partial charge on any atom is 0.279 e. The lowest BCUT2D eigenvalue weighted by atomic mass is 9.87. The number of thiazole rings is 1. The third-order valence-corrected chi connectivity index (χ3v) is 5.87. The average Bonchev–Trinajstić information content (AvgIpc) is 3.06. The van der Waals surface area contributed by atoms with E-state index in [1.807, 2.05) is 60.9 Å². The van der Waals surface area contributed by atoms with Crippen LogP contribution in [0.15, 0.2) is 47.5 Å². The van der Waals surface area contributed by atoms with Gasteiger partial charge >= 0.3 is 0 Å². The van der Waals surface area contributed by atoms with Gasteiger partial charge in [-0.2, -0.15) is 4.99 Å². The molecule has 1 aromatic heterocycles. The Morgan fingerprint density at radius 2 is 1.80 bits per heavy atom. The van der Waals surface area contributed by atoms with Crippen LogP contribution in [0.1, 0.15) is 50.5 Å². The van der Waals surface area contributed by atoms with Crippen LogP contribution in [0.3, 0.4) is 0 Å². The van der Waals surface area contributed by atoms with Crippen molar-refractivity contribution in [3.8, 4) is 5.75 Å². The molecular formula is C24H30N2O3S. The summed E-state index contributed by atoms with van der Waals surface area (Å²) in [4.78, 5) is 18.0. The van der Waals surface area contributed by atoms with E-state index >= 15 is 0 Å². The molecule has 0 saturated carbocycles. The number of rotatable bonds is 7. The zero-order chi connectivity index (χ0) is 21.7. The van der Waals surface area contributed by atoms with Crippen molar-refractivity contribution in [2.45, 2.75) is 46.6 Å². The minimum absolute atomic E-state index is 0.0438. The van der Waals surface area contributed by atoms with Crippen molar-refractivity contribution in [3.05, 3.63) is 58.4 Å². The number of carbonyl (C=O) groups is 1. The van der Waals surface area contributed by atoms with E-state index in [-0.39, 0.29) is 11.3 Å². The van der Waals surface area contributed by atoms with Gasteiger partial charge in [-0.1, -0.05) is 50.3 Å². The number of nitrogens with zero attached hydrogens (tertiary/aromatic N) is 2. The number of para-hydroxylation sites is 1. The molecule has 0 radical (unpaired) electrons. The Hall–Kier alpha value is -2.44. The van der Waals surface area contributed by atoms with Gasteiger partial charge in [-0.3, -0.25) is 4.79 Å². The average molecular weight is 427 g/mol. The summed E-state index contributed by atoms with van der Waals surface area (Å²) >= 11 is 1.49. The van der Waals surface area contributed by atoms with Gasteiger partial charge in [0.25, 0.3) is 5.91 Å². The molecule has 0 fully saturated rings. The van der Waals surface area contributed by atoms with Crippen LogP contribution in [0.4, 0.5) is 0 Å². The second-order valence-electron chi connectivity index (χ2n) is 8.01. The van der Waals surface area contributed by atoms with E-state index in [4.69, 9.17) is 9.47 Å². The minimum Gasteiger partial charge on any atom is -0.492 e. The molecule has 0 aliphatic heterocycles. The zero-order valence-corrected chi connectivity index (χ0v) is 19.2. The van der Waals surface area contributed by atoms with E-state index in [1.54, 1.807) is 0 Å². The van der Waals surface area contributed by atoms with E-state index in [1.165, 1.54) is 16.9 Å². The molecule has 30 heavy (non-hydrogen) atoms. The molecule has 3 aromatic rings. The standard InChI is InChI=1S/C24H30N2O3S/c1-6-28-16-15-26-21-19(29-7-2)9-8-10-20(21)30-23(26)25-22(27)17-11-13-18(14-12-17)24(3,4)5/h8-14H,6-7,15-16H2,1-5H3. The Morgan fingerprint density at radius 3 is 2.43 bits per heavy atom. The van der Waals surface area contributed by atoms with Gasteiger partial charge in [0.15, 0.2) is 4.80 Å². The van der Waals surface area contributed by atoms with Gasteiger partial charge in [0.1, 0.15) is 11.3 Å². The summed E-state index contributed by atoms with van der Waals surface area (Å²) in [6.45, 7) is 12.8. The predicted molar refractivity (Wildman–Crippen MR) is 123 cm³/mol. The van der Waals surface area contributed by atoms with Gasteiger partial charge < -0.3 is 14.0 Å². The Bertz CT molecular complexity index is 1070. The van der Waals surface area contributed by atoms with Crippen molar-refractivity contribution >= 4 is 27.5 Å². The molecule has 0 unspecified atom stereocenters. The summed E-state index contributed by atoms with van der Waals surface area (Å²) in [7, 11) is 0. The summed E-state index contributed by atoms with van der Waals surface area (Å²) in [6, 6.07) is 13.7. The number of hydrogen-bond acceptors (Lipinski definition) is 4. The highest BCUT2D eigenvalue weighted by atomic mass is 32.1. The Kier molecular flexibility index (Phi) is 7.10. The summed E-state index contributed by atoms with van der Waals surface area (Å²) in [5.41, 5.74) is 2.77. The molecule has 0 bridgehead atoms. The van der Waals surface area contributed by atoms with E-state index in [0.29, 0.717) is 36.7 Å². The molecule has 5 nitrogen and oxygen atoms in total. The first-order valence-electron chi connectivity index (χ1n) is 10.4. The maximum absolute atomic E-state index is 12.9. The first-order chi connectivity index (χ1) is 14.3. The fraction of sp³-hybridized carbons (Fsp3) is 0.417. The van der Waals surface area contributed by atoms with Crippen molar-refractivity contribution in [2.75, 3.05) is 19.8 Å². The van der Waals surface area contributed by atoms with Crippen LogP contribution in [0.25, 0.3) is 10.2 Å². The first kappa shape index (κ1) is 22.2. The second kappa shape index (κ2) is 9.58. The van der Waals surface area contributed by atoms with E-state index in [9.17, 15) is 4.79 Å². The van der Waals surface area contributed by atoms with Gasteiger partial charge in [-0.05, 0) is 49.1 Å². The summed E-state index contributed by atoms with van der Waals surface area (Å²) < 4.78 is 14.5. The van der Waals surface area contributed by atoms with Gasteiger partial charge in [0.05, 0.1) is 17.9 Å². The van der Waals surface area contributed by atoms with E-state index < -0.39 is 0 Å². The monoisotopic (exact) mass is 426 g/mol. The number of amides is 1. The second-order valence-corrected chi connectivity index (χ2v) is 9.02. The van der Waals surface area contributed by atoms with Crippen LogP contribution in [0, 0.1) is 0 Å². The van der Waals surface area contributed by atoms with Crippen LogP contribution >= 0.6 is 11.3 Å². The van der Waals surface area contributed by atoms with Crippen molar-refractivity contribution in [1.29, 1.82) is 0 Å². The lowest BCUT2D eigenvalue weighted by Crippen LogP contribution is -2.20. The normalized spacial score (nSPS) is 12.5. The van der Waals surface area contributed by atoms with Gasteiger partial charge in [-0.25, -0.2) is 0 Å². The van der Waals surface area contributed by atoms with Gasteiger partial charge in [0.2, 0.25) is 0 Å². The third kappa shape index (κ3) is 4.99. The quantitative estimate of drug-likeness (QED) is 0.489. The van der Waals surface area contributed by atoms with Crippen LogP contribution < -0.4 is 9.54 Å². The summed E-state index contributed by atoms with van der Waals surface area (Å²) in [5, 5.41) is 0. The van der Waals surface area contributed by atoms with Crippen LogP contribution in [-0.4, -0.2) is 30.3 Å². The Labute approximate surface area is 182 Å². The predicted octanol–water partition coefficient (Wildman–Crippen LogP) is 5.18. The lowest BCUT2D eigenvalue weighted by Gasteiger charge is -2.18. The number of fused-ring (bicyclic) bond motifs is 1. The fourth-order valence-electron chi connectivity index (χ4n) is 3.23. The highest BCUT2D eigenvalue weighted by Gasteiger charge is 2.16. The van der Waals surface area contributed by atoms with Crippen LogP contribution in [0.2, 0.25) is 0 Å². The highest BCUT2D eigenvalue weighted by molar-refractivity contribution is 7.16. The molecule has 0 saturated heterocycles. The molecule has 3 rings (SSSR count). The van der Waals surface area contributed by atoms with Crippen molar-refractivity contribution < 1.29 is 14.3 Å². The van der Waals surface area contributed by atoms with Crippen molar-refractivity contribution in [3.63, 3.8) is 0 Å². The van der Waals surface area contributed by atoms with Crippen LogP contribution in [0.5, 0.6) is 5.75 Å². The third-order valence-electron chi connectivity index (χ3n) is 4.82. The zero-order valence-electron chi connectivity index (χ0n) is 18.4. The SMILES string of the molecule is CCOCCn1c(=NC(=O)c2ccc(C(C)(C)C)cc2)sc2cccc(OCC)c21. The highest BCUT2D eigenvalue weighted by Crippen LogP contribution is 2.28. The molecule has 0 atom stereocenters. The van der Waals surface area contributed by atoms with Gasteiger partial charge in [-0.15, -0.1) is 0 Å². The van der Waals surface area contributed by atoms with Crippen molar-refractivity contribution in [2.24, 2.45) is 4.99 Å². The van der Waals surface area contributed by atoms with Crippen molar-refractivity contribution in [1.82, 2.24) is 4.57 Å². The number of hydrogen-bond donors (Lipinski definition) is 0. The first-order valence-corrected chi connectivity index (χ1v) is 11.2. The molecule has 0 spiro atoms. The smallest absolute Gasteiger partial charge is 0.279 e. The fourth-order valence-corrected chi connectivity index (χ4v) is 4.30. The molecule has 6 heteroatoms. The molecular weight excluding hydrogens is 396 g/mol. The number of aromatic nitrogens is 1. The van der Waals surface area contributed by atoms with Crippen LogP contribution in [-0.2, 0) is 16.7 Å². The minimum atomic E-state index is -0.245. The van der Waals surface area contributed by atoms with E-state index in [0.717, 1.165) is 16.0 Å². The number of carbonyl (C=O) groups excluding carboxylic acids is 1. The summed E-state index contributed by atoms with van der Waals surface area (Å²) in [6.07, 6.45) is 0. The van der Waals surface area contributed by atoms with Gasteiger partial charge in [0, 0.05) is 18.7 Å². The molecule has 2 aromatic carbocycles. The molecule has 0 aliphatic carbocycles. The molecule has 1 heterocycles. The molecule has 0 aliphatic rings.